The average Bonchev–Trinajstić information content (AvgIpc) is 3.06. The van der Waals surface area contributed by atoms with E-state index in [9.17, 15) is 8.78 Å². The molecule has 0 amide bonds. The molecule has 1 aliphatic rings. The zero-order chi connectivity index (χ0) is 12.0. The van der Waals surface area contributed by atoms with Gasteiger partial charge in [-0.15, -0.1) is 0 Å². The standard InChI is InChI=1S/C13H12F2N2/c1-7-10(14)5-4-9(12(7)15)13-16-6-11(17-13)8-2-3-8/h4-6,8H,2-3H2,1H3,(H,16,17). The molecule has 1 aromatic heterocycles. The van der Waals surface area contributed by atoms with Crippen LogP contribution in [0.1, 0.15) is 30.0 Å². The molecule has 0 radical (unpaired) electrons. The van der Waals surface area contributed by atoms with Crippen LogP contribution < -0.4 is 0 Å². The lowest BCUT2D eigenvalue weighted by Crippen LogP contribution is -1.94. The lowest BCUT2D eigenvalue weighted by Gasteiger charge is -2.03. The monoisotopic (exact) mass is 234 g/mol. The highest BCUT2D eigenvalue weighted by molar-refractivity contribution is 5.58. The molecule has 2 nitrogen and oxygen atoms in total. The van der Waals surface area contributed by atoms with Crippen molar-refractivity contribution in [2.45, 2.75) is 25.7 Å². The van der Waals surface area contributed by atoms with Gasteiger partial charge in [0.1, 0.15) is 17.5 Å². The number of imidazole rings is 1. The Morgan fingerprint density at radius 1 is 1.29 bits per heavy atom. The number of nitrogens with zero attached hydrogens (tertiary/aromatic N) is 1. The molecule has 0 unspecified atom stereocenters. The molecule has 0 bridgehead atoms. The number of H-pyrrole nitrogens is 1. The second-order valence-electron chi connectivity index (χ2n) is 4.50. The van der Waals surface area contributed by atoms with E-state index >= 15 is 0 Å². The summed E-state index contributed by atoms with van der Waals surface area (Å²) in [7, 11) is 0. The van der Waals surface area contributed by atoms with Crippen LogP contribution >= 0.6 is 0 Å². The highest BCUT2D eigenvalue weighted by Gasteiger charge is 2.26. The zero-order valence-electron chi connectivity index (χ0n) is 9.43. The number of rotatable bonds is 2. The second kappa shape index (κ2) is 3.65. The predicted octanol–water partition coefficient (Wildman–Crippen LogP) is 3.54. The second-order valence-corrected chi connectivity index (χ2v) is 4.50. The summed E-state index contributed by atoms with van der Waals surface area (Å²) in [5.74, 6) is -0.0460. The molecule has 0 atom stereocenters. The van der Waals surface area contributed by atoms with Crippen LogP contribution in [-0.2, 0) is 0 Å². The van der Waals surface area contributed by atoms with Gasteiger partial charge in [-0.2, -0.15) is 0 Å². The maximum absolute atomic E-state index is 13.9. The summed E-state index contributed by atoms with van der Waals surface area (Å²) in [4.78, 5) is 7.27. The fraction of sp³-hybridized carbons (Fsp3) is 0.308. The Hall–Kier alpha value is -1.71. The Morgan fingerprint density at radius 3 is 2.76 bits per heavy atom. The Kier molecular flexibility index (Phi) is 2.24. The number of aromatic amines is 1. The van der Waals surface area contributed by atoms with Gasteiger partial charge in [0.2, 0.25) is 0 Å². The third-order valence-electron chi connectivity index (χ3n) is 3.19. The molecule has 3 rings (SSSR count). The van der Waals surface area contributed by atoms with E-state index in [0.717, 1.165) is 18.5 Å². The molecule has 4 heteroatoms. The van der Waals surface area contributed by atoms with Crippen molar-refractivity contribution >= 4 is 0 Å². The Labute approximate surface area is 97.7 Å². The van der Waals surface area contributed by atoms with Gasteiger partial charge in [0, 0.05) is 23.4 Å². The highest BCUT2D eigenvalue weighted by Crippen LogP contribution is 2.39. The van der Waals surface area contributed by atoms with Crippen LogP contribution in [0.4, 0.5) is 8.78 Å². The number of hydrogen-bond acceptors (Lipinski definition) is 1. The van der Waals surface area contributed by atoms with Crippen molar-refractivity contribution in [3.05, 3.63) is 41.2 Å². The van der Waals surface area contributed by atoms with Gasteiger partial charge in [-0.1, -0.05) is 0 Å². The Bertz CT molecular complexity index is 571. The molecule has 1 fully saturated rings. The average molecular weight is 234 g/mol. The first-order valence-corrected chi connectivity index (χ1v) is 5.66. The van der Waals surface area contributed by atoms with Gasteiger partial charge in [0.25, 0.3) is 0 Å². The molecule has 2 aromatic rings. The molecule has 17 heavy (non-hydrogen) atoms. The lowest BCUT2D eigenvalue weighted by atomic mass is 10.1. The van der Waals surface area contributed by atoms with Gasteiger partial charge in [0.05, 0.1) is 5.56 Å². The summed E-state index contributed by atoms with van der Waals surface area (Å²) in [6.07, 6.45) is 4.06. The molecular weight excluding hydrogens is 222 g/mol. The molecule has 0 spiro atoms. The first-order valence-electron chi connectivity index (χ1n) is 5.66. The lowest BCUT2D eigenvalue weighted by molar-refractivity contribution is 0.570. The smallest absolute Gasteiger partial charge is 0.140 e. The van der Waals surface area contributed by atoms with Crippen LogP contribution in [0, 0.1) is 18.6 Å². The third-order valence-corrected chi connectivity index (χ3v) is 3.19. The number of nitrogens with one attached hydrogen (secondary N) is 1. The van der Waals surface area contributed by atoms with E-state index in [4.69, 9.17) is 0 Å². The van der Waals surface area contributed by atoms with Gasteiger partial charge >= 0.3 is 0 Å². The van der Waals surface area contributed by atoms with Crippen molar-refractivity contribution < 1.29 is 8.78 Å². The van der Waals surface area contributed by atoms with E-state index in [-0.39, 0.29) is 5.56 Å². The zero-order valence-corrected chi connectivity index (χ0v) is 9.43. The number of halogens is 2. The third kappa shape index (κ3) is 1.73. The van der Waals surface area contributed by atoms with E-state index in [1.807, 2.05) is 0 Å². The van der Waals surface area contributed by atoms with Gasteiger partial charge in [0.15, 0.2) is 0 Å². The van der Waals surface area contributed by atoms with E-state index in [0.29, 0.717) is 17.3 Å². The minimum atomic E-state index is -0.540. The van der Waals surface area contributed by atoms with E-state index in [1.54, 1.807) is 6.20 Å². The maximum atomic E-state index is 13.9. The molecule has 0 saturated heterocycles. The minimum absolute atomic E-state index is 0.0341. The van der Waals surface area contributed by atoms with E-state index in [2.05, 4.69) is 9.97 Å². The first kappa shape index (κ1) is 10.4. The minimum Gasteiger partial charge on any atom is -0.342 e. The van der Waals surface area contributed by atoms with Gasteiger partial charge in [-0.25, -0.2) is 13.8 Å². The SMILES string of the molecule is Cc1c(F)ccc(-c2ncc(C3CC3)[nH]2)c1F. The predicted molar refractivity (Wildman–Crippen MR) is 60.7 cm³/mol. The Balaban J connectivity index is 2.05. The van der Waals surface area contributed by atoms with Crippen molar-refractivity contribution in [3.8, 4) is 11.4 Å². The van der Waals surface area contributed by atoms with Crippen molar-refractivity contribution in [3.63, 3.8) is 0 Å². The van der Waals surface area contributed by atoms with Crippen molar-refractivity contribution in [2.75, 3.05) is 0 Å². The van der Waals surface area contributed by atoms with Crippen molar-refractivity contribution in [1.29, 1.82) is 0 Å². The molecule has 1 aliphatic carbocycles. The molecule has 1 saturated carbocycles. The quantitative estimate of drug-likeness (QED) is 0.845. The van der Waals surface area contributed by atoms with Crippen molar-refractivity contribution in [1.82, 2.24) is 9.97 Å². The van der Waals surface area contributed by atoms with Gasteiger partial charge in [-0.05, 0) is 31.9 Å². The van der Waals surface area contributed by atoms with Crippen LogP contribution in [0.3, 0.4) is 0 Å². The van der Waals surface area contributed by atoms with Crippen LogP contribution in [0.15, 0.2) is 18.3 Å². The first-order chi connectivity index (χ1) is 8.16. The summed E-state index contributed by atoms with van der Waals surface area (Å²) >= 11 is 0. The summed E-state index contributed by atoms with van der Waals surface area (Å²) in [6.45, 7) is 1.43. The van der Waals surface area contributed by atoms with Gasteiger partial charge < -0.3 is 4.98 Å². The molecule has 1 aromatic carbocycles. The van der Waals surface area contributed by atoms with E-state index in [1.165, 1.54) is 19.1 Å². The maximum Gasteiger partial charge on any atom is 0.140 e. The number of hydrogen-bond donors (Lipinski definition) is 1. The number of aromatic nitrogens is 2. The topological polar surface area (TPSA) is 28.7 Å². The normalized spacial score (nSPS) is 15.2. The molecule has 1 heterocycles. The van der Waals surface area contributed by atoms with E-state index < -0.39 is 11.6 Å². The highest BCUT2D eigenvalue weighted by atomic mass is 19.1. The molecule has 88 valence electrons. The van der Waals surface area contributed by atoms with Crippen LogP contribution in [-0.4, -0.2) is 9.97 Å². The fourth-order valence-corrected chi connectivity index (χ4v) is 1.92. The summed E-state index contributed by atoms with van der Waals surface area (Å²) in [5.41, 5.74) is 1.41. The Morgan fingerprint density at radius 2 is 2.06 bits per heavy atom. The largest absolute Gasteiger partial charge is 0.342 e. The molecular formula is C13H12F2N2. The number of benzene rings is 1. The van der Waals surface area contributed by atoms with Crippen LogP contribution in [0.2, 0.25) is 0 Å². The molecule has 1 N–H and O–H groups in total. The summed E-state index contributed by atoms with van der Waals surface area (Å²) in [6, 6.07) is 2.69. The summed E-state index contributed by atoms with van der Waals surface area (Å²) < 4.78 is 27.0. The van der Waals surface area contributed by atoms with Crippen molar-refractivity contribution in [2.24, 2.45) is 0 Å². The van der Waals surface area contributed by atoms with Gasteiger partial charge in [-0.3, -0.25) is 0 Å². The fourth-order valence-electron chi connectivity index (χ4n) is 1.92. The summed E-state index contributed by atoms with van der Waals surface area (Å²) in [5, 5.41) is 0. The van der Waals surface area contributed by atoms with Crippen LogP contribution in [0.5, 0.6) is 0 Å². The molecule has 0 aliphatic heterocycles. The van der Waals surface area contributed by atoms with Crippen LogP contribution in [0.25, 0.3) is 11.4 Å².